The van der Waals surface area contributed by atoms with Gasteiger partial charge in [-0.1, -0.05) is 34.3 Å². The Bertz CT molecular complexity index is 1990. The van der Waals surface area contributed by atoms with Crippen LogP contribution < -0.4 is 16.5 Å². The molecule has 0 saturated carbocycles. The molecular weight excluding hydrogens is 713 g/mol. The van der Waals surface area contributed by atoms with Gasteiger partial charge in [0.05, 0.1) is 11.1 Å². The number of β-lactam (4-membered cyclic amide) rings is 1. The average Bonchev–Trinajstić information content (AvgIpc) is 3.81. The van der Waals surface area contributed by atoms with Crippen molar-refractivity contribution in [2.75, 3.05) is 17.2 Å². The standard InChI is InChI=1S/C26H22N8O8S5/c1-10-30-31-26(47-10)46-8-11-7-44-23-18(22(38)34(23)19(11)24(39)40)29-21(37)17(12-9-45-25(27)28-12)32-42-20(16-3-2-4-43-16)13-5-14(35)15(36)6-33(13)41/h2-6,9,18,20,23,36,41H,7-8H2,1H3,(H2,27,28)(H,29,37)(H,39,40)/b32-17-/t18-,20?,23-/m1/s1. The van der Waals surface area contributed by atoms with Crippen LogP contribution in [0, 0.1) is 6.92 Å². The van der Waals surface area contributed by atoms with Crippen molar-refractivity contribution in [1.82, 2.24) is 30.1 Å². The Hall–Kier alpha value is -4.44. The van der Waals surface area contributed by atoms with E-state index >= 15 is 0 Å². The van der Waals surface area contributed by atoms with E-state index in [1.54, 1.807) is 17.5 Å². The fraction of sp³-hybridized carbons (Fsp3) is 0.231. The van der Waals surface area contributed by atoms with Crippen LogP contribution in [-0.2, 0) is 19.2 Å². The number of hydrogen-bond donors (Lipinski definition) is 5. The maximum absolute atomic E-state index is 13.7. The number of amides is 2. The summed E-state index contributed by atoms with van der Waals surface area (Å²) >= 11 is 6.26. The third-order valence-electron chi connectivity index (χ3n) is 6.75. The summed E-state index contributed by atoms with van der Waals surface area (Å²) < 4.78 is 1.19. The van der Waals surface area contributed by atoms with Crippen molar-refractivity contribution in [2.45, 2.75) is 28.8 Å². The Morgan fingerprint density at radius 3 is 2.77 bits per heavy atom. The molecule has 0 spiro atoms. The Morgan fingerprint density at radius 2 is 2.11 bits per heavy atom. The second-order valence-corrected chi connectivity index (χ2v) is 15.2. The van der Waals surface area contributed by atoms with E-state index in [9.17, 15) is 34.6 Å². The number of thiophene rings is 1. The average molecular weight is 735 g/mol. The highest BCUT2D eigenvalue weighted by molar-refractivity contribution is 8.01. The number of aromatic hydroxyl groups is 1. The summed E-state index contributed by atoms with van der Waals surface area (Å²) in [4.78, 5) is 63.0. The number of oxime groups is 1. The largest absolute Gasteiger partial charge is 0.503 e. The van der Waals surface area contributed by atoms with Gasteiger partial charge in [0, 0.05) is 23.0 Å². The lowest BCUT2D eigenvalue weighted by Gasteiger charge is -2.49. The van der Waals surface area contributed by atoms with Crippen LogP contribution in [0.25, 0.3) is 0 Å². The number of nitrogens with two attached hydrogens (primary N) is 1. The number of thioether (sulfide) groups is 2. The maximum atomic E-state index is 13.7. The topological polar surface area (TPSA) is 235 Å². The van der Waals surface area contributed by atoms with E-state index in [0.29, 0.717) is 31.0 Å². The summed E-state index contributed by atoms with van der Waals surface area (Å²) in [6, 6.07) is 3.23. The van der Waals surface area contributed by atoms with Crippen LogP contribution in [0.2, 0.25) is 0 Å². The molecule has 47 heavy (non-hydrogen) atoms. The molecule has 244 valence electrons. The van der Waals surface area contributed by atoms with Gasteiger partial charge in [-0.15, -0.1) is 44.6 Å². The predicted octanol–water partition coefficient (Wildman–Crippen LogP) is 2.09. The maximum Gasteiger partial charge on any atom is 0.352 e. The molecule has 4 aromatic heterocycles. The number of aryl methyl sites for hydroxylation is 1. The van der Waals surface area contributed by atoms with Crippen LogP contribution in [0.3, 0.4) is 0 Å². The van der Waals surface area contributed by atoms with Crippen molar-refractivity contribution in [3.05, 3.63) is 77.9 Å². The smallest absolute Gasteiger partial charge is 0.352 e. The van der Waals surface area contributed by atoms with Gasteiger partial charge in [-0.25, -0.2) is 9.78 Å². The van der Waals surface area contributed by atoms with Crippen LogP contribution in [0.15, 0.2) is 60.7 Å². The first-order valence-corrected chi connectivity index (χ1v) is 17.9. The molecule has 21 heteroatoms. The summed E-state index contributed by atoms with van der Waals surface area (Å²) in [5.74, 6) is -2.84. The molecule has 1 unspecified atom stereocenters. The second-order valence-electron chi connectivity index (χ2n) is 9.80. The number of pyridine rings is 1. The first kappa shape index (κ1) is 32.5. The van der Waals surface area contributed by atoms with Gasteiger partial charge in [0.1, 0.15) is 33.5 Å². The molecule has 2 amide bonds. The van der Waals surface area contributed by atoms with E-state index < -0.39 is 46.5 Å². The van der Waals surface area contributed by atoms with Crippen LogP contribution in [0.4, 0.5) is 5.13 Å². The highest BCUT2D eigenvalue weighted by Crippen LogP contribution is 2.42. The Balaban J connectivity index is 1.25. The van der Waals surface area contributed by atoms with Crippen molar-refractivity contribution in [2.24, 2.45) is 5.16 Å². The molecule has 6 heterocycles. The minimum atomic E-state index is -1.26. The number of carboxylic acids is 1. The van der Waals surface area contributed by atoms with Crippen LogP contribution in [-0.4, -0.2) is 86.6 Å². The number of nitrogens with zero attached hydrogens (tertiary/aromatic N) is 6. The number of carbonyl (C=O) groups is 3. The number of rotatable bonds is 11. The lowest BCUT2D eigenvalue weighted by Crippen LogP contribution is -2.71. The Kier molecular flexibility index (Phi) is 9.23. The molecule has 4 aromatic rings. The number of carboxylic acid groups (broad SMARTS) is 1. The zero-order valence-corrected chi connectivity index (χ0v) is 27.9. The number of carbonyl (C=O) groups excluding carboxylic acids is 2. The molecule has 2 aliphatic heterocycles. The van der Waals surface area contributed by atoms with Gasteiger partial charge in [-0.3, -0.25) is 19.3 Å². The number of fused-ring (bicyclic) bond motifs is 1. The van der Waals surface area contributed by atoms with E-state index in [4.69, 9.17) is 10.6 Å². The number of aromatic nitrogens is 4. The van der Waals surface area contributed by atoms with Gasteiger partial charge >= 0.3 is 5.97 Å². The number of hydrogen-bond acceptors (Lipinski definition) is 17. The van der Waals surface area contributed by atoms with E-state index in [0.717, 1.165) is 33.5 Å². The molecule has 0 bridgehead atoms. The third-order valence-corrected chi connectivity index (χ3v) is 11.7. The van der Waals surface area contributed by atoms with E-state index in [-0.39, 0.29) is 27.9 Å². The summed E-state index contributed by atoms with van der Waals surface area (Å²) in [7, 11) is 0. The fourth-order valence-electron chi connectivity index (χ4n) is 4.61. The predicted molar refractivity (Wildman–Crippen MR) is 175 cm³/mol. The van der Waals surface area contributed by atoms with Crippen LogP contribution in [0.5, 0.6) is 5.75 Å². The summed E-state index contributed by atoms with van der Waals surface area (Å²) in [6.45, 7) is 1.81. The Labute approximate surface area is 284 Å². The third kappa shape index (κ3) is 6.56. The molecule has 1 saturated heterocycles. The number of thiazole rings is 1. The van der Waals surface area contributed by atoms with Gasteiger partial charge < -0.3 is 31.3 Å². The highest BCUT2D eigenvalue weighted by Gasteiger charge is 2.54. The summed E-state index contributed by atoms with van der Waals surface area (Å²) in [5.41, 5.74) is 5.00. The molecule has 6 N–H and O–H groups in total. The van der Waals surface area contributed by atoms with Gasteiger partial charge in [0.25, 0.3) is 11.8 Å². The summed E-state index contributed by atoms with van der Waals surface area (Å²) in [5, 5.41) is 48.2. The van der Waals surface area contributed by atoms with Gasteiger partial charge in [0.15, 0.2) is 20.9 Å². The molecule has 3 atom stereocenters. The van der Waals surface area contributed by atoms with Crippen LogP contribution >= 0.6 is 57.5 Å². The zero-order chi connectivity index (χ0) is 33.4. The second kappa shape index (κ2) is 13.4. The zero-order valence-electron chi connectivity index (χ0n) is 23.8. The van der Waals surface area contributed by atoms with E-state index in [1.165, 1.54) is 51.6 Å². The number of aliphatic carboxylic acids is 1. The number of anilines is 1. The molecule has 6 rings (SSSR count). The molecule has 0 aromatic carbocycles. The van der Waals surface area contributed by atoms with Crippen molar-refractivity contribution >= 4 is 86.2 Å². The van der Waals surface area contributed by atoms with Crippen molar-refractivity contribution in [3.8, 4) is 5.75 Å². The lowest BCUT2D eigenvalue weighted by molar-refractivity contribution is -0.150. The van der Waals surface area contributed by atoms with Gasteiger partial charge in [-0.2, -0.15) is 4.73 Å². The molecule has 1 fully saturated rings. The minimum Gasteiger partial charge on any atom is -0.503 e. The molecule has 2 aliphatic rings. The fourth-order valence-corrected chi connectivity index (χ4v) is 9.22. The van der Waals surface area contributed by atoms with Crippen molar-refractivity contribution < 1.29 is 34.6 Å². The van der Waals surface area contributed by atoms with Gasteiger partial charge in [0.2, 0.25) is 11.5 Å². The number of nitrogen functional groups attached to an aromatic ring is 1. The highest BCUT2D eigenvalue weighted by atomic mass is 32.2. The van der Waals surface area contributed by atoms with Crippen molar-refractivity contribution in [3.63, 3.8) is 0 Å². The first-order valence-electron chi connectivity index (χ1n) is 13.3. The number of nitrogens with one attached hydrogen (secondary N) is 1. The minimum absolute atomic E-state index is 0.0271. The molecule has 0 radical (unpaired) electrons. The molecule has 0 aliphatic carbocycles. The van der Waals surface area contributed by atoms with E-state index in [1.807, 2.05) is 6.92 Å². The first-order chi connectivity index (χ1) is 22.5. The van der Waals surface area contributed by atoms with Crippen LogP contribution in [0.1, 0.15) is 27.4 Å². The SMILES string of the molecule is Cc1nnc(SCC2=C(C(=O)O)N3C(=O)[C@@H](NC(=O)/C(=N\OC(c4cccs4)c4cc(=O)c(O)cn4O)c4csc(N)n4)[C@H]3SC2)s1. The van der Waals surface area contributed by atoms with E-state index in [2.05, 4.69) is 25.7 Å². The monoisotopic (exact) mass is 734 g/mol. The quantitative estimate of drug-likeness (QED) is 0.0488. The lowest BCUT2D eigenvalue weighted by atomic mass is 10.0. The normalized spacial score (nSPS) is 18.4. The molecular formula is C26H22N8O8S5. The summed E-state index contributed by atoms with van der Waals surface area (Å²) in [6.07, 6.45) is -0.401. The Morgan fingerprint density at radius 1 is 1.30 bits per heavy atom. The van der Waals surface area contributed by atoms with Crippen molar-refractivity contribution in [1.29, 1.82) is 0 Å². The molecule has 16 nitrogen and oxygen atoms in total. The van der Waals surface area contributed by atoms with Gasteiger partial charge in [-0.05, 0) is 23.9 Å².